The number of nitrogens with zero attached hydrogens (tertiary/aromatic N) is 3. The van der Waals surface area contributed by atoms with Crippen LogP contribution in [-0.4, -0.2) is 33.8 Å². The zero-order chi connectivity index (χ0) is 17.1. The van der Waals surface area contributed by atoms with E-state index in [1.165, 1.54) is 11.3 Å². The molecular weight excluding hydrogens is 322 g/mol. The number of carbonyl (C=O) groups excluding carboxylic acids is 1. The summed E-state index contributed by atoms with van der Waals surface area (Å²) in [6.45, 7) is 6.59. The second kappa shape index (κ2) is 6.88. The second-order valence-electron chi connectivity index (χ2n) is 5.43. The molecule has 0 aliphatic carbocycles. The summed E-state index contributed by atoms with van der Waals surface area (Å²) in [7, 11) is 1.63. The lowest BCUT2D eigenvalue weighted by molar-refractivity contribution is 0.0755. The van der Waals surface area contributed by atoms with Gasteiger partial charge in [0.15, 0.2) is 4.96 Å². The van der Waals surface area contributed by atoms with Crippen LogP contribution in [0.15, 0.2) is 48.5 Å². The third kappa shape index (κ3) is 3.05. The Morgan fingerprint density at radius 1 is 1.50 bits per heavy atom. The fourth-order valence-electron chi connectivity index (χ4n) is 2.67. The first-order chi connectivity index (χ1) is 11.6. The average molecular weight is 341 g/mol. The Kier molecular flexibility index (Phi) is 4.66. The Morgan fingerprint density at radius 2 is 2.33 bits per heavy atom. The number of carbonyl (C=O) groups is 1. The van der Waals surface area contributed by atoms with Gasteiger partial charge in [-0.3, -0.25) is 9.20 Å². The molecule has 6 heteroatoms. The molecule has 24 heavy (non-hydrogen) atoms. The molecule has 2 aromatic heterocycles. The van der Waals surface area contributed by atoms with Crippen molar-refractivity contribution in [1.29, 1.82) is 0 Å². The summed E-state index contributed by atoms with van der Waals surface area (Å²) < 4.78 is 7.11. The molecule has 0 aliphatic heterocycles. The highest BCUT2D eigenvalue weighted by molar-refractivity contribution is 7.15. The minimum Gasteiger partial charge on any atom is -0.497 e. The Morgan fingerprint density at radius 3 is 3.08 bits per heavy atom. The van der Waals surface area contributed by atoms with Gasteiger partial charge >= 0.3 is 0 Å². The van der Waals surface area contributed by atoms with Crippen molar-refractivity contribution in [3.63, 3.8) is 0 Å². The number of imidazole rings is 1. The number of aryl methyl sites for hydroxylation is 1. The van der Waals surface area contributed by atoms with Crippen molar-refractivity contribution in [2.75, 3.05) is 13.7 Å². The largest absolute Gasteiger partial charge is 0.497 e. The number of hydrogen-bond donors (Lipinski definition) is 0. The summed E-state index contributed by atoms with van der Waals surface area (Å²) >= 11 is 1.52. The lowest BCUT2D eigenvalue weighted by Gasteiger charge is -2.21. The van der Waals surface area contributed by atoms with Crippen LogP contribution in [0.2, 0.25) is 0 Å². The number of amides is 1. The molecule has 2 heterocycles. The fourth-order valence-corrected chi connectivity index (χ4v) is 3.43. The summed E-state index contributed by atoms with van der Waals surface area (Å²) in [5.74, 6) is 0.723. The molecule has 0 unspecified atom stereocenters. The van der Waals surface area contributed by atoms with Crippen molar-refractivity contribution in [2.24, 2.45) is 0 Å². The normalized spacial score (nSPS) is 10.8. The number of aromatic nitrogens is 2. The number of methoxy groups -OCH3 is 1. The van der Waals surface area contributed by atoms with Crippen LogP contribution in [-0.2, 0) is 6.54 Å². The van der Waals surface area contributed by atoms with Crippen molar-refractivity contribution in [2.45, 2.75) is 13.5 Å². The number of fused-ring (bicyclic) bond motifs is 1. The lowest BCUT2D eigenvalue weighted by Crippen LogP contribution is -2.32. The van der Waals surface area contributed by atoms with Crippen LogP contribution >= 0.6 is 11.3 Å². The predicted octanol–water partition coefficient (Wildman–Crippen LogP) is 3.54. The highest BCUT2D eigenvalue weighted by Gasteiger charge is 2.22. The van der Waals surface area contributed by atoms with Gasteiger partial charge in [0.25, 0.3) is 5.91 Å². The summed E-state index contributed by atoms with van der Waals surface area (Å²) in [6, 6.07) is 7.73. The highest BCUT2D eigenvalue weighted by Crippen LogP contribution is 2.20. The maximum Gasteiger partial charge on any atom is 0.273 e. The summed E-state index contributed by atoms with van der Waals surface area (Å²) in [4.78, 5) is 20.1. The van der Waals surface area contributed by atoms with Crippen LogP contribution in [0.25, 0.3) is 4.96 Å². The summed E-state index contributed by atoms with van der Waals surface area (Å²) in [6.07, 6.45) is 3.62. The van der Waals surface area contributed by atoms with E-state index in [-0.39, 0.29) is 5.91 Å². The maximum atomic E-state index is 13.1. The summed E-state index contributed by atoms with van der Waals surface area (Å²) in [5, 5.41) is 1.93. The fraction of sp³-hybridized carbons (Fsp3) is 0.222. The van der Waals surface area contributed by atoms with Gasteiger partial charge in [0, 0.05) is 24.7 Å². The smallest absolute Gasteiger partial charge is 0.273 e. The molecule has 0 radical (unpaired) electrons. The minimum atomic E-state index is -0.0545. The van der Waals surface area contributed by atoms with Crippen LogP contribution in [0, 0.1) is 6.92 Å². The Hall–Kier alpha value is -2.60. The lowest BCUT2D eigenvalue weighted by atomic mass is 10.2. The van der Waals surface area contributed by atoms with E-state index in [2.05, 4.69) is 11.6 Å². The average Bonchev–Trinajstić information content (AvgIpc) is 3.14. The summed E-state index contributed by atoms with van der Waals surface area (Å²) in [5.41, 5.74) is 2.36. The molecule has 0 aliphatic rings. The van der Waals surface area contributed by atoms with Crippen molar-refractivity contribution >= 4 is 22.2 Å². The van der Waals surface area contributed by atoms with Gasteiger partial charge in [-0.05, 0) is 24.6 Å². The third-order valence-corrected chi connectivity index (χ3v) is 4.54. The van der Waals surface area contributed by atoms with Crippen LogP contribution in [0.5, 0.6) is 5.75 Å². The molecule has 3 rings (SSSR count). The van der Waals surface area contributed by atoms with E-state index in [0.717, 1.165) is 22.0 Å². The van der Waals surface area contributed by atoms with Crippen molar-refractivity contribution < 1.29 is 9.53 Å². The highest BCUT2D eigenvalue weighted by atomic mass is 32.1. The van der Waals surface area contributed by atoms with E-state index in [0.29, 0.717) is 18.8 Å². The molecule has 5 nitrogen and oxygen atoms in total. The number of hydrogen-bond acceptors (Lipinski definition) is 4. The molecule has 124 valence electrons. The first-order valence-corrected chi connectivity index (χ1v) is 8.47. The van der Waals surface area contributed by atoms with E-state index in [9.17, 15) is 4.79 Å². The maximum absolute atomic E-state index is 13.1. The topological polar surface area (TPSA) is 46.8 Å². The van der Waals surface area contributed by atoms with E-state index in [1.807, 2.05) is 47.2 Å². The molecule has 0 bridgehead atoms. The van der Waals surface area contributed by atoms with Crippen molar-refractivity contribution in [3.8, 4) is 5.75 Å². The molecule has 0 saturated carbocycles. The van der Waals surface area contributed by atoms with Gasteiger partial charge in [0.2, 0.25) is 0 Å². The van der Waals surface area contributed by atoms with E-state index >= 15 is 0 Å². The van der Waals surface area contributed by atoms with Gasteiger partial charge in [0.05, 0.1) is 12.8 Å². The Balaban J connectivity index is 1.92. The monoisotopic (exact) mass is 341 g/mol. The van der Waals surface area contributed by atoms with Crippen LogP contribution < -0.4 is 4.74 Å². The first kappa shape index (κ1) is 16.3. The first-order valence-electron chi connectivity index (χ1n) is 7.59. The number of benzene rings is 1. The third-order valence-electron chi connectivity index (χ3n) is 3.78. The van der Waals surface area contributed by atoms with Crippen molar-refractivity contribution in [3.05, 3.63) is 65.4 Å². The number of ether oxygens (including phenoxy) is 1. The molecule has 3 aromatic rings. The quantitative estimate of drug-likeness (QED) is 0.644. The van der Waals surface area contributed by atoms with Gasteiger partial charge in [-0.1, -0.05) is 18.2 Å². The SMILES string of the molecule is C=CCN(Cc1cccc(OC)c1)C(=O)c1c(C)nc2sccn12. The zero-order valence-corrected chi connectivity index (χ0v) is 14.5. The Bertz CT molecular complexity index is 881. The zero-order valence-electron chi connectivity index (χ0n) is 13.7. The molecule has 0 saturated heterocycles. The van der Waals surface area contributed by atoms with Gasteiger partial charge in [-0.2, -0.15) is 0 Å². The molecule has 0 spiro atoms. The molecular formula is C18H19N3O2S. The molecule has 0 N–H and O–H groups in total. The Labute approximate surface area is 144 Å². The number of rotatable bonds is 6. The van der Waals surface area contributed by atoms with E-state index < -0.39 is 0 Å². The van der Waals surface area contributed by atoms with Crippen LogP contribution in [0.1, 0.15) is 21.7 Å². The van der Waals surface area contributed by atoms with Gasteiger partial charge in [-0.25, -0.2) is 4.98 Å². The molecule has 1 aromatic carbocycles. The molecule has 1 amide bonds. The van der Waals surface area contributed by atoms with Gasteiger partial charge in [0.1, 0.15) is 11.4 Å². The van der Waals surface area contributed by atoms with Gasteiger partial charge < -0.3 is 9.64 Å². The van der Waals surface area contributed by atoms with Crippen molar-refractivity contribution in [1.82, 2.24) is 14.3 Å². The molecule has 0 atom stereocenters. The number of thiazole rings is 1. The van der Waals surface area contributed by atoms with Crippen LogP contribution in [0.3, 0.4) is 0 Å². The van der Waals surface area contributed by atoms with E-state index in [1.54, 1.807) is 18.1 Å². The standard InChI is InChI=1S/C18H19N3O2S/c1-4-8-20(12-14-6-5-7-15(11-14)23-3)17(22)16-13(2)19-18-21(16)9-10-24-18/h4-7,9-11H,1,8,12H2,2-3H3. The molecule has 0 fully saturated rings. The van der Waals surface area contributed by atoms with Gasteiger partial charge in [-0.15, -0.1) is 17.9 Å². The van der Waals surface area contributed by atoms with Crippen LogP contribution in [0.4, 0.5) is 0 Å². The minimum absolute atomic E-state index is 0.0545. The second-order valence-corrected chi connectivity index (χ2v) is 6.30. The predicted molar refractivity (Wildman–Crippen MR) is 95.7 cm³/mol. The van der Waals surface area contributed by atoms with E-state index in [4.69, 9.17) is 4.74 Å².